The zero-order valence-corrected chi connectivity index (χ0v) is 10.9. The van der Waals surface area contributed by atoms with Crippen LogP contribution in [-0.2, 0) is 6.42 Å². The molecule has 0 aliphatic carbocycles. The molecule has 96 valence electrons. The van der Waals surface area contributed by atoms with Gasteiger partial charge in [-0.05, 0) is 30.2 Å². The van der Waals surface area contributed by atoms with E-state index in [1.54, 1.807) is 24.3 Å². The molecule has 19 heavy (non-hydrogen) atoms. The molecule has 0 spiro atoms. The minimum Gasteiger partial charge on any atom is -0.456 e. The lowest BCUT2D eigenvalue weighted by atomic mass is 10.1. The molecule has 0 bridgehead atoms. The number of ether oxygens (including phenoxy) is 1. The molecular weight excluding hydrogens is 262 g/mol. The smallest absolute Gasteiger partial charge is 0.146 e. The number of aliphatic hydroxyl groups is 1. The fraction of sp³-hybridized carbons (Fsp3) is 0.133. The first kappa shape index (κ1) is 13.4. The third-order valence-corrected chi connectivity index (χ3v) is 2.98. The van der Waals surface area contributed by atoms with E-state index in [0.717, 1.165) is 5.56 Å². The third-order valence-electron chi connectivity index (χ3n) is 2.66. The Morgan fingerprint density at radius 2 is 1.84 bits per heavy atom. The summed E-state index contributed by atoms with van der Waals surface area (Å²) >= 11 is 5.95. The van der Waals surface area contributed by atoms with Gasteiger partial charge in [0.1, 0.15) is 23.1 Å². The van der Waals surface area contributed by atoms with Gasteiger partial charge in [0, 0.05) is 6.61 Å². The molecule has 2 aromatic rings. The first-order valence-electron chi connectivity index (χ1n) is 5.81. The van der Waals surface area contributed by atoms with Crippen LogP contribution in [0.2, 0.25) is 5.02 Å². The average molecular weight is 274 g/mol. The highest BCUT2D eigenvalue weighted by molar-refractivity contribution is 6.31. The summed E-state index contributed by atoms with van der Waals surface area (Å²) in [5.41, 5.74) is 1.19. The lowest BCUT2D eigenvalue weighted by Gasteiger charge is -2.11. The van der Waals surface area contributed by atoms with Crippen molar-refractivity contribution < 1.29 is 9.84 Å². The quantitative estimate of drug-likeness (QED) is 0.927. The zero-order valence-electron chi connectivity index (χ0n) is 10.1. The van der Waals surface area contributed by atoms with Crippen LogP contribution in [0.5, 0.6) is 11.5 Å². The zero-order chi connectivity index (χ0) is 13.7. The van der Waals surface area contributed by atoms with Crippen LogP contribution < -0.4 is 4.74 Å². The van der Waals surface area contributed by atoms with Gasteiger partial charge in [-0.2, -0.15) is 5.26 Å². The summed E-state index contributed by atoms with van der Waals surface area (Å²) < 4.78 is 5.75. The van der Waals surface area contributed by atoms with E-state index < -0.39 is 0 Å². The number of halogens is 1. The van der Waals surface area contributed by atoms with Gasteiger partial charge in [-0.3, -0.25) is 0 Å². The van der Waals surface area contributed by atoms with Crippen LogP contribution in [0.1, 0.15) is 11.1 Å². The van der Waals surface area contributed by atoms with Crippen LogP contribution in [0.25, 0.3) is 0 Å². The van der Waals surface area contributed by atoms with Crippen molar-refractivity contribution in [3.8, 4) is 17.6 Å². The molecular formula is C15H12ClNO2. The van der Waals surface area contributed by atoms with E-state index in [2.05, 4.69) is 0 Å². The van der Waals surface area contributed by atoms with E-state index in [-0.39, 0.29) is 6.61 Å². The number of rotatable bonds is 4. The number of para-hydroxylation sites is 1. The molecule has 2 rings (SSSR count). The van der Waals surface area contributed by atoms with Crippen LogP contribution in [-0.4, -0.2) is 11.7 Å². The Morgan fingerprint density at radius 1 is 1.11 bits per heavy atom. The van der Waals surface area contributed by atoms with E-state index in [9.17, 15) is 0 Å². The topological polar surface area (TPSA) is 53.2 Å². The molecule has 2 aromatic carbocycles. The maximum Gasteiger partial charge on any atom is 0.146 e. The van der Waals surface area contributed by atoms with Crippen molar-refractivity contribution in [2.45, 2.75) is 6.42 Å². The van der Waals surface area contributed by atoms with Crippen molar-refractivity contribution in [2.24, 2.45) is 0 Å². The van der Waals surface area contributed by atoms with E-state index in [1.807, 2.05) is 24.3 Å². The first-order valence-corrected chi connectivity index (χ1v) is 6.19. The van der Waals surface area contributed by atoms with Crippen LogP contribution >= 0.6 is 11.6 Å². The maximum atomic E-state index is 9.10. The van der Waals surface area contributed by atoms with Gasteiger partial charge in [-0.25, -0.2) is 0 Å². The molecule has 0 heterocycles. The van der Waals surface area contributed by atoms with E-state index >= 15 is 0 Å². The van der Waals surface area contributed by atoms with Crippen molar-refractivity contribution in [3.05, 3.63) is 58.6 Å². The SMILES string of the molecule is N#Cc1c(Cl)cccc1Oc1ccccc1CCO. The summed E-state index contributed by atoms with van der Waals surface area (Å²) in [6, 6.07) is 14.5. The standard InChI is InChI=1S/C15H12ClNO2/c16-13-5-3-7-15(12(13)10-17)19-14-6-2-1-4-11(14)8-9-18/h1-7,18H,8-9H2. The van der Waals surface area contributed by atoms with Gasteiger partial charge in [0.05, 0.1) is 5.02 Å². The number of nitrogens with zero attached hydrogens (tertiary/aromatic N) is 1. The van der Waals surface area contributed by atoms with Crippen LogP contribution in [0.4, 0.5) is 0 Å². The Labute approximate surface area is 116 Å². The highest BCUT2D eigenvalue weighted by Crippen LogP contribution is 2.31. The van der Waals surface area contributed by atoms with Gasteiger partial charge < -0.3 is 9.84 Å². The number of hydrogen-bond acceptors (Lipinski definition) is 3. The fourth-order valence-corrected chi connectivity index (χ4v) is 1.95. The predicted molar refractivity (Wildman–Crippen MR) is 73.5 cm³/mol. The number of nitriles is 1. The molecule has 1 N–H and O–H groups in total. The Hall–Kier alpha value is -2.02. The number of benzene rings is 2. The highest BCUT2D eigenvalue weighted by Gasteiger charge is 2.10. The van der Waals surface area contributed by atoms with Crippen molar-refractivity contribution in [1.29, 1.82) is 5.26 Å². The fourth-order valence-electron chi connectivity index (χ4n) is 1.75. The highest BCUT2D eigenvalue weighted by atomic mass is 35.5. The van der Waals surface area contributed by atoms with Gasteiger partial charge in [-0.15, -0.1) is 0 Å². The monoisotopic (exact) mass is 273 g/mol. The number of hydrogen-bond donors (Lipinski definition) is 1. The summed E-state index contributed by atoms with van der Waals surface area (Å²) in [4.78, 5) is 0. The van der Waals surface area contributed by atoms with Crippen molar-refractivity contribution in [2.75, 3.05) is 6.61 Å². The Morgan fingerprint density at radius 3 is 2.58 bits per heavy atom. The molecule has 0 unspecified atom stereocenters. The van der Waals surface area contributed by atoms with Gasteiger partial charge in [0.25, 0.3) is 0 Å². The molecule has 0 aromatic heterocycles. The summed E-state index contributed by atoms with van der Waals surface area (Å²) in [6.07, 6.45) is 0.499. The van der Waals surface area contributed by atoms with Crippen molar-refractivity contribution >= 4 is 11.6 Å². The minimum atomic E-state index is 0.0427. The number of aliphatic hydroxyl groups excluding tert-OH is 1. The predicted octanol–water partition coefficient (Wildman–Crippen LogP) is 3.54. The summed E-state index contributed by atoms with van der Waals surface area (Å²) in [5.74, 6) is 1.04. The summed E-state index contributed by atoms with van der Waals surface area (Å²) in [6.45, 7) is 0.0427. The van der Waals surface area contributed by atoms with Crippen molar-refractivity contribution in [1.82, 2.24) is 0 Å². The normalized spacial score (nSPS) is 9.95. The minimum absolute atomic E-state index is 0.0427. The lowest BCUT2D eigenvalue weighted by molar-refractivity contribution is 0.298. The Bertz CT molecular complexity index is 620. The maximum absolute atomic E-state index is 9.10. The molecule has 0 amide bonds. The summed E-state index contributed by atoms with van der Waals surface area (Å²) in [5, 5.41) is 18.5. The lowest BCUT2D eigenvalue weighted by Crippen LogP contribution is -1.96. The van der Waals surface area contributed by atoms with Gasteiger partial charge in [0.15, 0.2) is 0 Å². The molecule has 0 aliphatic rings. The molecule has 0 aliphatic heterocycles. The molecule has 0 saturated heterocycles. The van der Waals surface area contributed by atoms with Gasteiger partial charge in [-0.1, -0.05) is 35.9 Å². The van der Waals surface area contributed by atoms with Gasteiger partial charge >= 0.3 is 0 Å². The second-order valence-corrected chi connectivity index (χ2v) is 4.32. The molecule has 3 nitrogen and oxygen atoms in total. The van der Waals surface area contributed by atoms with Crippen molar-refractivity contribution in [3.63, 3.8) is 0 Å². The molecule has 4 heteroatoms. The Balaban J connectivity index is 2.37. The second-order valence-electron chi connectivity index (χ2n) is 3.91. The molecule has 0 saturated carbocycles. The molecule has 0 radical (unpaired) electrons. The first-order chi connectivity index (χ1) is 9.26. The van der Waals surface area contributed by atoms with E-state index in [1.165, 1.54) is 0 Å². The van der Waals surface area contributed by atoms with Crippen LogP contribution in [0.15, 0.2) is 42.5 Å². The second kappa shape index (κ2) is 6.24. The summed E-state index contributed by atoms with van der Waals surface area (Å²) in [7, 11) is 0. The Kier molecular flexibility index (Phi) is 4.40. The van der Waals surface area contributed by atoms with Gasteiger partial charge in [0.2, 0.25) is 0 Å². The largest absolute Gasteiger partial charge is 0.456 e. The third kappa shape index (κ3) is 3.05. The van der Waals surface area contributed by atoms with E-state index in [0.29, 0.717) is 28.5 Å². The average Bonchev–Trinajstić information content (AvgIpc) is 2.41. The van der Waals surface area contributed by atoms with Crippen LogP contribution in [0.3, 0.4) is 0 Å². The molecule has 0 fully saturated rings. The van der Waals surface area contributed by atoms with E-state index in [4.69, 9.17) is 26.7 Å². The van der Waals surface area contributed by atoms with Crippen LogP contribution in [0, 0.1) is 11.3 Å². The molecule has 0 atom stereocenters.